The minimum absolute atomic E-state index is 0.000622. The maximum absolute atomic E-state index is 13.7. The second kappa shape index (κ2) is 6.76. The van der Waals surface area contributed by atoms with Gasteiger partial charge in [0, 0.05) is 6.07 Å². The SMILES string of the molecule is COc1ccc(C(=O)OCC(=O)N[C@]2(C)CCS(=O)(=O)C2)c(F)c1. The largest absolute Gasteiger partial charge is 0.497 e. The van der Waals surface area contributed by atoms with Crippen LogP contribution in [0.2, 0.25) is 0 Å². The van der Waals surface area contributed by atoms with Gasteiger partial charge >= 0.3 is 5.97 Å². The van der Waals surface area contributed by atoms with Crippen LogP contribution in [0.5, 0.6) is 5.75 Å². The van der Waals surface area contributed by atoms with Gasteiger partial charge in [-0.05, 0) is 25.5 Å². The van der Waals surface area contributed by atoms with Crippen LogP contribution in [-0.2, 0) is 19.4 Å². The molecule has 1 amide bonds. The summed E-state index contributed by atoms with van der Waals surface area (Å²) >= 11 is 0. The van der Waals surface area contributed by atoms with Crippen molar-refractivity contribution in [3.05, 3.63) is 29.6 Å². The average Bonchev–Trinajstić information content (AvgIpc) is 2.77. The summed E-state index contributed by atoms with van der Waals surface area (Å²) in [5.74, 6) is -2.37. The first-order valence-electron chi connectivity index (χ1n) is 7.16. The molecule has 0 spiro atoms. The molecule has 1 N–H and O–H groups in total. The lowest BCUT2D eigenvalue weighted by atomic mass is 10.0. The van der Waals surface area contributed by atoms with Gasteiger partial charge in [-0.3, -0.25) is 4.79 Å². The predicted molar refractivity (Wildman–Crippen MR) is 83.1 cm³/mol. The van der Waals surface area contributed by atoms with Gasteiger partial charge in [-0.15, -0.1) is 0 Å². The molecule has 1 saturated heterocycles. The maximum atomic E-state index is 13.7. The number of halogens is 1. The third-order valence-electron chi connectivity index (χ3n) is 3.68. The molecule has 1 aliphatic rings. The molecule has 0 aromatic heterocycles. The highest BCUT2D eigenvalue weighted by Crippen LogP contribution is 2.22. The minimum Gasteiger partial charge on any atom is -0.497 e. The van der Waals surface area contributed by atoms with Crippen LogP contribution in [0.4, 0.5) is 4.39 Å². The number of rotatable bonds is 5. The standard InChI is InChI=1S/C15H18FNO6S/c1-15(5-6-24(20,21)9-15)17-13(18)8-23-14(19)11-4-3-10(22-2)7-12(11)16/h3-4,7H,5-6,8-9H2,1-2H3,(H,17,18)/t15-/m1/s1. The van der Waals surface area contributed by atoms with E-state index in [0.717, 1.165) is 6.07 Å². The zero-order valence-electron chi connectivity index (χ0n) is 13.3. The van der Waals surface area contributed by atoms with Crippen LogP contribution in [0.25, 0.3) is 0 Å². The molecule has 1 atom stereocenters. The molecule has 0 saturated carbocycles. The summed E-state index contributed by atoms with van der Waals surface area (Å²) in [5.41, 5.74) is -1.20. The fraction of sp³-hybridized carbons (Fsp3) is 0.467. The van der Waals surface area contributed by atoms with E-state index < -0.39 is 39.7 Å². The number of esters is 1. The molecule has 0 bridgehead atoms. The fourth-order valence-corrected chi connectivity index (χ4v) is 4.57. The summed E-state index contributed by atoms with van der Waals surface area (Å²) in [5, 5.41) is 2.54. The zero-order valence-corrected chi connectivity index (χ0v) is 14.1. The molecule has 1 aliphatic heterocycles. The van der Waals surface area contributed by atoms with Gasteiger partial charge in [0.25, 0.3) is 5.91 Å². The molecule has 24 heavy (non-hydrogen) atoms. The van der Waals surface area contributed by atoms with Crippen molar-refractivity contribution in [2.45, 2.75) is 18.9 Å². The first-order valence-corrected chi connectivity index (χ1v) is 8.98. The second-order valence-electron chi connectivity index (χ2n) is 5.87. The first-order chi connectivity index (χ1) is 11.1. The van der Waals surface area contributed by atoms with E-state index in [0.29, 0.717) is 6.42 Å². The topological polar surface area (TPSA) is 98.8 Å². The smallest absolute Gasteiger partial charge is 0.341 e. The van der Waals surface area contributed by atoms with Crippen LogP contribution in [0.1, 0.15) is 23.7 Å². The summed E-state index contributed by atoms with van der Waals surface area (Å²) in [6.07, 6.45) is 0.294. The van der Waals surface area contributed by atoms with Crippen molar-refractivity contribution in [2.24, 2.45) is 0 Å². The van der Waals surface area contributed by atoms with E-state index in [1.807, 2.05) is 0 Å². The van der Waals surface area contributed by atoms with E-state index in [4.69, 9.17) is 9.47 Å². The molecule has 0 radical (unpaired) electrons. The molecular formula is C15H18FNO6S. The van der Waals surface area contributed by atoms with Crippen molar-refractivity contribution < 1.29 is 31.9 Å². The molecule has 1 aromatic carbocycles. The number of ether oxygens (including phenoxy) is 2. The first kappa shape index (κ1) is 18.2. The quantitative estimate of drug-likeness (QED) is 0.777. The lowest BCUT2D eigenvalue weighted by Gasteiger charge is -2.23. The molecule has 1 fully saturated rings. The van der Waals surface area contributed by atoms with Crippen molar-refractivity contribution >= 4 is 21.7 Å². The highest BCUT2D eigenvalue weighted by atomic mass is 32.2. The highest BCUT2D eigenvalue weighted by Gasteiger charge is 2.39. The van der Waals surface area contributed by atoms with E-state index in [1.165, 1.54) is 19.2 Å². The molecular weight excluding hydrogens is 341 g/mol. The Bertz CT molecular complexity index is 763. The fourth-order valence-electron chi connectivity index (χ4n) is 2.48. The molecule has 7 nitrogen and oxygen atoms in total. The van der Waals surface area contributed by atoms with Crippen molar-refractivity contribution in [3.63, 3.8) is 0 Å². The Kier molecular flexibility index (Phi) is 5.12. The third kappa shape index (κ3) is 4.44. The van der Waals surface area contributed by atoms with E-state index in [-0.39, 0.29) is 22.8 Å². The predicted octanol–water partition coefficient (Wildman–Crippen LogP) is 0.684. The van der Waals surface area contributed by atoms with Crippen molar-refractivity contribution in [3.8, 4) is 5.75 Å². The Morgan fingerprint density at radius 2 is 2.08 bits per heavy atom. The molecule has 1 aromatic rings. The Balaban J connectivity index is 1.91. The van der Waals surface area contributed by atoms with E-state index in [2.05, 4.69) is 5.32 Å². The van der Waals surface area contributed by atoms with Crippen LogP contribution < -0.4 is 10.1 Å². The van der Waals surface area contributed by atoms with Crippen molar-refractivity contribution in [1.82, 2.24) is 5.32 Å². The molecule has 132 valence electrons. The number of sulfone groups is 1. The third-order valence-corrected chi connectivity index (χ3v) is 5.58. The van der Waals surface area contributed by atoms with Gasteiger partial charge in [0.15, 0.2) is 16.4 Å². The van der Waals surface area contributed by atoms with Crippen molar-refractivity contribution in [1.29, 1.82) is 0 Å². The Labute approximate surface area is 139 Å². The van der Waals surface area contributed by atoms with Gasteiger partial charge in [-0.25, -0.2) is 17.6 Å². The summed E-state index contributed by atoms with van der Waals surface area (Å²) in [6.45, 7) is 0.986. The monoisotopic (exact) mass is 359 g/mol. The molecule has 2 rings (SSSR count). The lowest BCUT2D eigenvalue weighted by Crippen LogP contribution is -2.48. The molecule has 9 heteroatoms. The summed E-state index contributed by atoms with van der Waals surface area (Å²) in [4.78, 5) is 23.7. The number of methoxy groups -OCH3 is 1. The van der Waals surface area contributed by atoms with Crippen LogP contribution in [0.3, 0.4) is 0 Å². The summed E-state index contributed by atoms with van der Waals surface area (Å²) in [7, 11) is -1.81. The van der Waals surface area contributed by atoms with Gasteiger partial charge < -0.3 is 14.8 Å². The number of hydrogen-bond acceptors (Lipinski definition) is 6. The normalized spacial score (nSPS) is 22.0. The number of benzene rings is 1. The van der Waals surface area contributed by atoms with E-state index in [1.54, 1.807) is 6.92 Å². The lowest BCUT2D eigenvalue weighted by molar-refractivity contribution is -0.125. The molecule has 0 unspecified atom stereocenters. The minimum atomic E-state index is -3.17. The summed E-state index contributed by atoms with van der Waals surface area (Å²) in [6, 6.07) is 3.62. The van der Waals surface area contributed by atoms with Crippen LogP contribution in [0, 0.1) is 5.82 Å². The summed E-state index contributed by atoms with van der Waals surface area (Å²) < 4.78 is 46.3. The zero-order chi connectivity index (χ0) is 18.0. The second-order valence-corrected chi connectivity index (χ2v) is 8.06. The van der Waals surface area contributed by atoms with Gasteiger partial charge in [0.1, 0.15) is 11.6 Å². The van der Waals surface area contributed by atoms with Crippen LogP contribution >= 0.6 is 0 Å². The Morgan fingerprint density at radius 3 is 2.62 bits per heavy atom. The Hall–Kier alpha value is -2.16. The van der Waals surface area contributed by atoms with Gasteiger partial charge in [-0.1, -0.05) is 0 Å². The molecule has 1 heterocycles. The molecule has 0 aliphatic carbocycles. The number of hydrogen-bond donors (Lipinski definition) is 1. The van der Waals surface area contributed by atoms with E-state index >= 15 is 0 Å². The van der Waals surface area contributed by atoms with Crippen LogP contribution in [0.15, 0.2) is 18.2 Å². The number of carbonyl (C=O) groups is 2. The van der Waals surface area contributed by atoms with E-state index in [9.17, 15) is 22.4 Å². The highest BCUT2D eigenvalue weighted by molar-refractivity contribution is 7.91. The van der Waals surface area contributed by atoms with Crippen LogP contribution in [-0.4, -0.2) is 51.1 Å². The average molecular weight is 359 g/mol. The van der Waals surface area contributed by atoms with Gasteiger partial charge in [-0.2, -0.15) is 0 Å². The van der Waals surface area contributed by atoms with Gasteiger partial charge in [0.05, 0.1) is 29.7 Å². The number of carbonyl (C=O) groups excluding carboxylic acids is 2. The maximum Gasteiger partial charge on any atom is 0.341 e. The Morgan fingerprint density at radius 1 is 1.38 bits per heavy atom. The number of amides is 1. The van der Waals surface area contributed by atoms with Gasteiger partial charge in [0.2, 0.25) is 0 Å². The number of nitrogens with one attached hydrogen (secondary N) is 1. The van der Waals surface area contributed by atoms with Crippen molar-refractivity contribution in [2.75, 3.05) is 25.2 Å².